The molecular weight excluding hydrogens is 146 g/mol. The highest BCUT2D eigenvalue weighted by molar-refractivity contribution is 5.40. The molecular formula is C11H14N. The Morgan fingerprint density at radius 2 is 2.08 bits per heavy atom. The summed E-state index contributed by atoms with van der Waals surface area (Å²) in [6.07, 6.45) is 2.27. The number of benzene rings is 1. The van der Waals surface area contributed by atoms with Crippen molar-refractivity contribution in [3.05, 3.63) is 34.9 Å². The van der Waals surface area contributed by atoms with Gasteiger partial charge in [0.15, 0.2) is 0 Å². The molecule has 1 aromatic rings. The van der Waals surface area contributed by atoms with E-state index in [4.69, 9.17) is 5.73 Å². The molecule has 2 N–H and O–H groups in total. The Kier molecular flexibility index (Phi) is 1.52. The molecule has 0 bridgehead atoms. The zero-order valence-corrected chi connectivity index (χ0v) is 7.65. The van der Waals surface area contributed by atoms with Gasteiger partial charge in [-0.2, -0.15) is 0 Å². The van der Waals surface area contributed by atoms with E-state index in [-0.39, 0.29) is 5.54 Å². The van der Waals surface area contributed by atoms with E-state index in [0.717, 1.165) is 12.8 Å². The maximum absolute atomic E-state index is 6.12. The maximum atomic E-state index is 6.12. The molecule has 12 heavy (non-hydrogen) atoms. The Bertz CT molecular complexity index is 311. The molecule has 1 radical (unpaired) electrons. The Balaban J connectivity index is 2.51. The van der Waals surface area contributed by atoms with Crippen molar-refractivity contribution in [2.45, 2.75) is 32.2 Å². The van der Waals surface area contributed by atoms with Crippen LogP contribution in [0.25, 0.3) is 0 Å². The van der Waals surface area contributed by atoms with Gasteiger partial charge in [0.05, 0.1) is 0 Å². The fourth-order valence-corrected chi connectivity index (χ4v) is 1.63. The summed E-state index contributed by atoms with van der Waals surface area (Å²) in [5.41, 5.74) is 9.99. The number of hydrogen-bond donors (Lipinski definition) is 1. The second kappa shape index (κ2) is 2.33. The topological polar surface area (TPSA) is 26.0 Å². The SMILES string of the molecule is Cc1[c]ccc(C2(N)CC2)c1C. The number of aryl methyl sites for hydroxylation is 1. The molecule has 63 valence electrons. The second-order valence-corrected chi connectivity index (χ2v) is 3.80. The highest BCUT2D eigenvalue weighted by Gasteiger charge is 2.40. The summed E-state index contributed by atoms with van der Waals surface area (Å²) in [6, 6.07) is 7.27. The van der Waals surface area contributed by atoms with E-state index < -0.39 is 0 Å². The van der Waals surface area contributed by atoms with Crippen molar-refractivity contribution in [1.29, 1.82) is 0 Å². The third kappa shape index (κ3) is 1.05. The van der Waals surface area contributed by atoms with Gasteiger partial charge in [0.2, 0.25) is 0 Å². The standard InChI is InChI=1S/C11H14N/c1-8-4-3-5-10(9(8)2)11(12)6-7-11/h3,5H,6-7,12H2,1-2H3. The summed E-state index contributed by atoms with van der Waals surface area (Å²) in [6.45, 7) is 4.22. The fourth-order valence-electron chi connectivity index (χ4n) is 1.63. The van der Waals surface area contributed by atoms with E-state index in [9.17, 15) is 0 Å². The Morgan fingerprint density at radius 3 is 2.67 bits per heavy atom. The predicted octanol–water partition coefficient (Wildman–Crippen LogP) is 2.05. The molecule has 1 heteroatoms. The first-order valence-corrected chi connectivity index (χ1v) is 4.41. The van der Waals surface area contributed by atoms with Crippen molar-refractivity contribution < 1.29 is 0 Å². The summed E-state index contributed by atoms with van der Waals surface area (Å²) >= 11 is 0. The van der Waals surface area contributed by atoms with E-state index >= 15 is 0 Å². The molecule has 1 nitrogen and oxygen atoms in total. The van der Waals surface area contributed by atoms with E-state index in [2.05, 4.69) is 26.0 Å². The summed E-state index contributed by atoms with van der Waals surface area (Å²) in [5.74, 6) is 0. The van der Waals surface area contributed by atoms with Gasteiger partial charge in [-0.15, -0.1) is 0 Å². The molecule has 0 saturated heterocycles. The molecule has 0 unspecified atom stereocenters. The Morgan fingerprint density at radius 1 is 1.42 bits per heavy atom. The van der Waals surface area contributed by atoms with Crippen LogP contribution in [0.4, 0.5) is 0 Å². The van der Waals surface area contributed by atoms with Crippen molar-refractivity contribution in [2.24, 2.45) is 5.73 Å². The van der Waals surface area contributed by atoms with Crippen LogP contribution in [0.5, 0.6) is 0 Å². The average molecular weight is 160 g/mol. The van der Waals surface area contributed by atoms with Crippen LogP contribution in [-0.2, 0) is 5.54 Å². The van der Waals surface area contributed by atoms with Crippen LogP contribution < -0.4 is 5.73 Å². The van der Waals surface area contributed by atoms with Gasteiger partial charge in [0, 0.05) is 5.54 Å². The first-order valence-electron chi connectivity index (χ1n) is 4.41. The molecule has 0 spiro atoms. The third-order valence-corrected chi connectivity index (χ3v) is 2.84. The zero-order valence-electron chi connectivity index (χ0n) is 7.65. The van der Waals surface area contributed by atoms with Gasteiger partial charge < -0.3 is 5.73 Å². The minimum absolute atomic E-state index is 0.00391. The lowest BCUT2D eigenvalue weighted by Gasteiger charge is -2.13. The van der Waals surface area contributed by atoms with E-state index in [0.29, 0.717) is 0 Å². The summed E-state index contributed by atoms with van der Waals surface area (Å²) in [5, 5.41) is 0. The first kappa shape index (κ1) is 7.81. The normalized spacial score (nSPS) is 19.2. The van der Waals surface area contributed by atoms with Gasteiger partial charge >= 0.3 is 0 Å². The summed E-state index contributed by atoms with van der Waals surface area (Å²) < 4.78 is 0. The largest absolute Gasteiger partial charge is 0.321 e. The molecule has 2 rings (SSSR count). The number of hydrogen-bond acceptors (Lipinski definition) is 1. The molecule has 0 atom stereocenters. The molecule has 0 aromatic heterocycles. The third-order valence-electron chi connectivity index (χ3n) is 2.84. The van der Waals surface area contributed by atoms with Crippen LogP contribution in [0.2, 0.25) is 0 Å². The van der Waals surface area contributed by atoms with E-state index in [1.807, 2.05) is 6.07 Å². The predicted molar refractivity (Wildman–Crippen MR) is 49.9 cm³/mol. The van der Waals surface area contributed by atoms with E-state index in [1.165, 1.54) is 16.7 Å². The van der Waals surface area contributed by atoms with Crippen LogP contribution in [0.15, 0.2) is 12.1 Å². The van der Waals surface area contributed by atoms with Crippen molar-refractivity contribution >= 4 is 0 Å². The molecule has 1 saturated carbocycles. The van der Waals surface area contributed by atoms with Gasteiger partial charge in [-0.1, -0.05) is 12.1 Å². The quantitative estimate of drug-likeness (QED) is 0.668. The lowest BCUT2D eigenvalue weighted by Crippen LogP contribution is -2.20. The van der Waals surface area contributed by atoms with Crippen molar-refractivity contribution in [3.63, 3.8) is 0 Å². The zero-order chi connectivity index (χ0) is 8.77. The van der Waals surface area contributed by atoms with Crippen molar-refractivity contribution in [2.75, 3.05) is 0 Å². The molecule has 1 aliphatic rings. The van der Waals surface area contributed by atoms with Gasteiger partial charge in [0.1, 0.15) is 0 Å². The minimum atomic E-state index is 0.00391. The van der Waals surface area contributed by atoms with Gasteiger partial charge in [-0.25, -0.2) is 0 Å². The minimum Gasteiger partial charge on any atom is -0.321 e. The van der Waals surface area contributed by atoms with Gasteiger partial charge in [-0.05, 0) is 49.4 Å². The molecule has 1 aliphatic carbocycles. The molecule has 1 fully saturated rings. The highest BCUT2D eigenvalue weighted by atomic mass is 14.8. The highest BCUT2D eigenvalue weighted by Crippen LogP contribution is 2.44. The first-order chi connectivity index (χ1) is 5.63. The monoisotopic (exact) mass is 160 g/mol. The molecule has 1 aromatic carbocycles. The molecule has 0 heterocycles. The van der Waals surface area contributed by atoms with Gasteiger partial charge in [0.25, 0.3) is 0 Å². The van der Waals surface area contributed by atoms with Gasteiger partial charge in [-0.3, -0.25) is 0 Å². The van der Waals surface area contributed by atoms with Crippen molar-refractivity contribution in [3.8, 4) is 0 Å². The van der Waals surface area contributed by atoms with Crippen molar-refractivity contribution in [1.82, 2.24) is 0 Å². The van der Waals surface area contributed by atoms with Crippen LogP contribution in [0, 0.1) is 19.9 Å². The van der Waals surface area contributed by atoms with Crippen LogP contribution in [-0.4, -0.2) is 0 Å². The fraction of sp³-hybridized carbons (Fsp3) is 0.455. The lowest BCUT2D eigenvalue weighted by molar-refractivity contribution is 0.731. The van der Waals surface area contributed by atoms with Crippen LogP contribution in [0.1, 0.15) is 29.5 Å². The molecule has 0 amide bonds. The maximum Gasteiger partial charge on any atom is 0.0414 e. The van der Waals surface area contributed by atoms with E-state index in [1.54, 1.807) is 0 Å². The molecule has 0 aliphatic heterocycles. The summed E-state index contributed by atoms with van der Waals surface area (Å²) in [7, 11) is 0. The Hall–Kier alpha value is -0.820. The number of rotatable bonds is 1. The average Bonchev–Trinajstić information content (AvgIpc) is 2.75. The smallest absolute Gasteiger partial charge is 0.0414 e. The lowest BCUT2D eigenvalue weighted by atomic mass is 9.96. The Labute approximate surface area is 73.6 Å². The summed E-state index contributed by atoms with van der Waals surface area (Å²) in [4.78, 5) is 0. The second-order valence-electron chi connectivity index (χ2n) is 3.80. The number of nitrogens with two attached hydrogens (primary N) is 1. The van der Waals surface area contributed by atoms with Crippen LogP contribution >= 0.6 is 0 Å². The van der Waals surface area contributed by atoms with Crippen LogP contribution in [0.3, 0.4) is 0 Å².